The molecule has 0 aromatic carbocycles. The molecule has 6 heteroatoms. The molecule has 0 saturated carbocycles. The first-order chi connectivity index (χ1) is 8.10. The van der Waals surface area contributed by atoms with Crippen LogP contribution in [0.5, 0.6) is 0 Å². The summed E-state index contributed by atoms with van der Waals surface area (Å²) in [5.41, 5.74) is 0. The summed E-state index contributed by atoms with van der Waals surface area (Å²) >= 11 is 0. The Hall–Kier alpha value is -1.56. The molecule has 0 aliphatic carbocycles. The van der Waals surface area contributed by atoms with E-state index in [9.17, 15) is 9.59 Å². The molecule has 2 N–H and O–H groups in total. The first kappa shape index (κ1) is 13.5. The number of nitrogens with zero attached hydrogens (tertiary/aromatic N) is 1. The van der Waals surface area contributed by atoms with E-state index in [1.54, 1.807) is 11.0 Å². The molecule has 1 saturated heterocycles. The second-order valence-electron chi connectivity index (χ2n) is 3.87. The number of hydrogen-bond acceptors (Lipinski definition) is 3. The minimum Gasteiger partial charge on any atom is -0.481 e. The topological polar surface area (TPSA) is 78.9 Å². The molecule has 1 heterocycles. The lowest BCUT2D eigenvalue weighted by Gasteiger charge is -2.23. The summed E-state index contributed by atoms with van der Waals surface area (Å²) in [6.45, 7) is 6.79. The van der Waals surface area contributed by atoms with Gasteiger partial charge < -0.3 is 20.1 Å². The molecule has 0 radical (unpaired) electrons. The van der Waals surface area contributed by atoms with E-state index < -0.39 is 17.9 Å². The van der Waals surface area contributed by atoms with Crippen LogP contribution in [0.4, 0.5) is 4.79 Å². The Labute approximate surface area is 100 Å². The van der Waals surface area contributed by atoms with E-state index in [-0.39, 0.29) is 19.2 Å². The number of hydrogen-bond donors (Lipinski definition) is 2. The fourth-order valence-corrected chi connectivity index (χ4v) is 1.70. The number of rotatable bonds is 5. The molecule has 0 bridgehead atoms. The smallest absolute Gasteiger partial charge is 0.317 e. The van der Waals surface area contributed by atoms with Gasteiger partial charge in [0.05, 0.1) is 19.3 Å². The van der Waals surface area contributed by atoms with Crippen molar-refractivity contribution in [2.24, 2.45) is 5.92 Å². The van der Waals surface area contributed by atoms with E-state index in [2.05, 4.69) is 11.9 Å². The molecule has 1 aliphatic rings. The largest absolute Gasteiger partial charge is 0.481 e. The summed E-state index contributed by atoms with van der Waals surface area (Å²) in [6.07, 6.45) is 1.63. The van der Waals surface area contributed by atoms with Crippen LogP contribution in [0.2, 0.25) is 0 Å². The molecule has 1 aliphatic heterocycles. The number of likely N-dealkylation sites (N-methyl/N-ethyl adjacent to an activating group) is 1. The fraction of sp³-hybridized carbons (Fsp3) is 0.636. The van der Waals surface area contributed by atoms with Crippen LogP contribution in [-0.4, -0.2) is 54.4 Å². The number of carboxylic acids is 1. The van der Waals surface area contributed by atoms with Gasteiger partial charge in [-0.25, -0.2) is 4.79 Å². The van der Waals surface area contributed by atoms with E-state index >= 15 is 0 Å². The number of nitrogens with one attached hydrogen (secondary N) is 1. The number of amides is 2. The molecule has 6 nitrogen and oxygen atoms in total. The van der Waals surface area contributed by atoms with Crippen LogP contribution in [0.25, 0.3) is 0 Å². The fourth-order valence-electron chi connectivity index (χ4n) is 1.70. The highest BCUT2D eigenvalue weighted by molar-refractivity contribution is 5.77. The van der Waals surface area contributed by atoms with Crippen LogP contribution >= 0.6 is 0 Å². The quantitative estimate of drug-likeness (QED) is 0.680. The highest BCUT2D eigenvalue weighted by atomic mass is 16.5. The Morgan fingerprint density at radius 1 is 1.59 bits per heavy atom. The lowest BCUT2D eigenvalue weighted by atomic mass is 10.0. The van der Waals surface area contributed by atoms with Gasteiger partial charge in [0.25, 0.3) is 0 Å². The van der Waals surface area contributed by atoms with Crippen LogP contribution in [0.15, 0.2) is 12.7 Å². The van der Waals surface area contributed by atoms with Gasteiger partial charge in [-0.05, 0) is 6.92 Å². The second-order valence-corrected chi connectivity index (χ2v) is 3.87. The van der Waals surface area contributed by atoms with Gasteiger partial charge in [0, 0.05) is 13.1 Å². The van der Waals surface area contributed by atoms with Gasteiger partial charge in [-0.1, -0.05) is 6.08 Å². The number of carbonyl (C=O) groups is 2. The molecule has 1 fully saturated rings. The maximum absolute atomic E-state index is 11.8. The molecular weight excluding hydrogens is 224 g/mol. The predicted molar refractivity (Wildman–Crippen MR) is 61.7 cm³/mol. The number of urea groups is 1. The maximum Gasteiger partial charge on any atom is 0.317 e. The lowest BCUT2D eigenvalue weighted by molar-refractivity contribution is -0.142. The Kier molecular flexibility index (Phi) is 4.96. The van der Waals surface area contributed by atoms with Gasteiger partial charge in [-0.15, -0.1) is 6.58 Å². The third-order valence-corrected chi connectivity index (χ3v) is 2.73. The zero-order valence-electron chi connectivity index (χ0n) is 9.89. The van der Waals surface area contributed by atoms with E-state index in [0.29, 0.717) is 13.1 Å². The zero-order chi connectivity index (χ0) is 12.8. The standard InChI is InChI=1S/C11H18N2O4/c1-3-5-13(4-2)11(16)12-9-7-17-6-8(9)10(14)15/h3,8-9H,1,4-7H2,2H3,(H,12,16)(H,14,15). The monoisotopic (exact) mass is 242 g/mol. The number of carboxylic acid groups (broad SMARTS) is 1. The second kappa shape index (κ2) is 6.24. The number of ether oxygens (including phenoxy) is 1. The minimum atomic E-state index is -0.945. The van der Waals surface area contributed by atoms with Gasteiger partial charge in [-0.3, -0.25) is 4.79 Å². The summed E-state index contributed by atoms with van der Waals surface area (Å²) < 4.78 is 5.07. The molecule has 0 aromatic heterocycles. The molecule has 2 unspecified atom stereocenters. The summed E-state index contributed by atoms with van der Waals surface area (Å²) in [5, 5.41) is 11.6. The third-order valence-electron chi connectivity index (χ3n) is 2.73. The van der Waals surface area contributed by atoms with Crippen LogP contribution in [0.1, 0.15) is 6.92 Å². The van der Waals surface area contributed by atoms with Crippen molar-refractivity contribution in [2.45, 2.75) is 13.0 Å². The van der Waals surface area contributed by atoms with Gasteiger partial charge in [0.2, 0.25) is 0 Å². The van der Waals surface area contributed by atoms with Gasteiger partial charge in [0.15, 0.2) is 0 Å². The Morgan fingerprint density at radius 2 is 2.29 bits per heavy atom. The Morgan fingerprint density at radius 3 is 2.82 bits per heavy atom. The summed E-state index contributed by atoms with van der Waals surface area (Å²) in [6, 6.07) is -0.743. The maximum atomic E-state index is 11.8. The highest BCUT2D eigenvalue weighted by Gasteiger charge is 2.35. The van der Waals surface area contributed by atoms with Crippen LogP contribution in [0.3, 0.4) is 0 Å². The molecule has 2 amide bonds. The molecule has 1 rings (SSSR count). The van der Waals surface area contributed by atoms with Crippen LogP contribution in [-0.2, 0) is 9.53 Å². The van der Waals surface area contributed by atoms with E-state index in [1.165, 1.54) is 0 Å². The van der Waals surface area contributed by atoms with E-state index in [0.717, 1.165) is 0 Å². The normalized spacial score (nSPS) is 23.1. The predicted octanol–water partition coefficient (Wildman–Crippen LogP) is 0.303. The lowest BCUT2D eigenvalue weighted by Crippen LogP contribution is -2.48. The molecule has 0 aromatic rings. The van der Waals surface area contributed by atoms with Gasteiger partial charge >= 0.3 is 12.0 Å². The van der Waals surface area contributed by atoms with Gasteiger partial charge in [-0.2, -0.15) is 0 Å². The van der Waals surface area contributed by atoms with E-state index in [4.69, 9.17) is 9.84 Å². The van der Waals surface area contributed by atoms with Crippen molar-refractivity contribution in [3.05, 3.63) is 12.7 Å². The first-order valence-corrected chi connectivity index (χ1v) is 5.57. The van der Waals surface area contributed by atoms with Gasteiger partial charge in [0.1, 0.15) is 5.92 Å². The molecule has 17 heavy (non-hydrogen) atoms. The summed E-state index contributed by atoms with van der Waals surface area (Å²) in [7, 11) is 0. The molecule has 0 spiro atoms. The van der Waals surface area contributed by atoms with Crippen molar-refractivity contribution in [1.82, 2.24) is 10.2 Å². The van der Waals surface area contributed by atoms with E-state index in [1.807, 2.05) is 6.92 Å². The molecule has 96 valence electrons. The van der Waals surface area contributed by atoms with Crippen molar-refractivity contribution < 1.29 is 19.4 Å². The van der Waals surface area contributed by atoms with Crippen LogP contribution in [0, 0.1) is 5.92 Å². The zero-order valence-corrected chi connectivity index (χ0v) is 9.89. The van der Waals surface area contributed by atoms with Crippen molar-refractivity contribution in [2.75, 3.05) is 26.3 Å². The third kappa shape index (κ3) is 3.45. The van der Waals surface area contributed by atoms with Crippen molar-refractivity contribution in [1.29, 1.82) is 0 Å². The minimum absolute atomic E-state index is 0.147. The SMILES string of the molecule is C=CCN(CC)C(=O)NC1COCC1C(=O)O. The molecule has 2 atom stereocenters. The number of carbonyl (C=O) groups excluding carboxylic acids is 1. The average molecular weight is 242 g/mol. The molecular formula is C11H18N2O4. The number of aliphatic carboxylic acids is 1. The summed E-state index contributed by atoms with van der Waals surface area (Å²) in [5.74, 6) is -1.61. The Balaban J connectivity index is 2.54. The van der Waals surface area contributed by atoms with Crippen molar-refractivity contribution in [3.8, 4) is 0 Å². The first-order valence-electron chi connectivity index (χ1n) is 5.57. The Bertz CT molecular complexity index is 306. The average Bonchev–Trinajstić information content (AvgIpc) is 2.73. The highest BCUT2D eigenvalue weighted by Crippen LogP contribution is 2.14. The van der Waals surface area contributed by atoms with Crippen LogP contribution < -0.4 is 5.32 Å². The summed E-state index contributed by atoms with van der Waals surface area (Å²) in [4.78, 5) is 24.3. The van der Waals surface area contributed by atoms with Crippen molar-refractivity contribution in [3.63, 3.8) is 0 Å². The van der Waals surface area contributed by atoms with Crippen molar-refractivity contribution >= 4 is 12.0 Å².